The molecule has 0 spiro atoms. The fourth-order valence-electron chi connectivity index (χ4n) is 3.13. The lowest BCUT2D eigenvalue weighted by molar-refractivity contribution is -0.143. The van der Waals surface area contributed by atoms with E-state index in [1.54, 1.807) is 20.8 Å². The Kier molecular flexibility index (Phi) is 5.70. The number of likely N-dealkylation sites (tertiary alicyclic amines) is 1. The largest absolute Gasteiger partial charge is 0.444 e. The molecule has 3 rings (SSSR count). The van der Waals surface area contributed by atoms with Crippen LogP contribution in [0.5, 0.6) is 0 Å². The van der Waals surface area contributed by atoms with Gasteiger partial charge in [-0.05, 0) is 51.8 Å². The highest BCUT2D eigenvalue weighted by atomic mass is 19.4. The summed E-state index contributed by atoms with van der Waals surface area (Å²) in [5.41, 5.74) is -4.26. The van der Waals surface area contributed by atoms with Gasteiger partial charge in [0.2, 0.25) is 11.8 Å². The summed E-state index contributed by atoms with van der Waals surface area (Å²) in [7, 11) is 0. The molecule has 1 aromatic heterocycles. The van der Waals surface area contributed by atoms with Crippen LogP contribution in [-0.4, -0.2) is 33.3 Å². The minimum Gasteiger partial charge on any atom is -0.444 e. The first-order chi connectivity index (χ1) is 14.1. The lowest BCUT2D eigenvalue weighted by Gasteiger charge is -2.27. The summed E-state index contributed by atoms with van der Waals surface area (Å²) in [6, 6.07) is 0.339. The molecule has 170 valence electrons. The van der Waals surface area contributed by atoms with Crippen molar-refractivity contribution in [3.63, 3.8) is 0 Å². The van der Waals surface area contributed by atoms with Crippen molar-refractivity contribution in [3.05, 3.63) is 35.2 Å². The first-order valence-corrected chi connectivity index (χ1v) is 9.28. The minimum atomic E-state index is -5.00. The van der Waals surface area contributed by atoms with E-state index < -0.39 is 52.7 Å². The molecule has 1 aliphatic rings. The summed E-state index contributed by atoms with van der Waals surface area (Å²) in [5.74, 6) is -0.605. The van der Waals surface area contributed by atoms with Gasteiger partial charge < -0.3 is 9.15 Å². The van der Waals surface area contributed by atoms with Crippen molar-refractivity contribution >= 4 is 6.09 Å². The average Bonchev–Trinajstić information content (AvgIpc) is 3.27. The Labute approximate surface area is 173 Å². The van der Waals surface area contributed by atoms with Crippen LogP contribution in [0, 0.1) is 0 Å². The maximum Gasteiger partial charge on any atom is 0.416 e. The number of rotatable bonds is 2. The van der Waals surface area contributed by atoms with Crippen LogP contribution in [0.25, 0.3) is 11.5 Å². The van der Waals surface area contributed by atoms with E-state index in [4.69, 9.17) is 9.15 Å². The van der Waals surface area contributed by atoms with Crippen LogP contribution in [0.15, 0.2) is 22.6 Å². The van der Waals surface area contributed by atoms with Gasteiger partial charge in [-0.1, -0.05) is 0 Å². The van der Waals surface area contributed by atoms with Crippen molar-refractivity contribution in [2.24, 2.45) is 0 Å². The van der Waals surface area contributed by atoms with Gasteiger partial charge in [-0.2, -0.15) is 26.3 Å². The molecule has 0 radical (unpaired) electrons. The van der Waals surface area contributed by atoms with E-state index in [1.165, 1.54) is 4.90 Å². The number of halogens is 6. The van der Waals surface area contributed by atoms with Gasteiger partial charge >= 0.3 is 18.4 Å². The first-order valence-electron chi connectivity index (χ1n) is 9.28. The minimum absolute atomic E-state index is 0.0159. The van der Waals surface area contributed by atoms with Crippen LogP contribution in [0.3, 0.4) is 0 Å². The second-order valence-electron chi connectivity index (χ2n) is 8.07. The number of nitrogens with zero attached hydrogens (tertiary/aromatic N) is 3. The molecular weight excluding hydrogens is 432 g/mol. The third kappa shape index (κ3) is 5.28. The predicted molar refractivity (Wildman–Crippen MR) is 94.7 cm³/mol. The molecule has 6 nitrogen and oxygen atoms in total. The maximum atomic E-state index is 13.1. The topological polar surface area (TPSA) is 68.5 Å². The third-order valence-electron chi connectivity index (χ3n) is 4.44. The summed E-state index contributed by atoms with van der Waals surface area (Å²) >= 11 is 0. The lowest BCUT2D eigenvalue weighted by Crippen LogP contribution is -2.36. The summed E-state index contributed by atoms with van der Waals surface area (Å²) in [4.78, 5) is 13.7. The quantitative estimate of drug-likeness (QED) is 0.536. The zero-order valence-electron chi connectivity index (χ0n) is 16.8. The number of ether oxygens (including phenoxy) is 1. The Morgan fingerprint density at radius 2 is 1.61 bits per heavy atom. The fourth-order valence-corrected chi connectivity index (χ4v) is 3.13. The second kappa shape index (κ2) is 7.72. The van der Waals surface area contributed by atoms with Crippen molar-refractivity contribution < 1.29 is 40.3 Å². The smallest absolute Gasteiger partial charge is 0.416 e. The molecule has 1 aliphatic heterocycles. The Morgan fingerprint density at radius 3 is 2.13 bits per heavy atom. The molecule has 1 fully saturated rings. The summed E-state index contributed by atoms with van der Waals surface area (Å²) in [6.07, 6.45) is -9.62. The Balaban J connectivity index is 1.94. The number of hydrogen-bond acceptors (Lipinski definition) is 5. The first kappa shape index (κ1) is 22.9. The summed E-state index contributed by atoms with van der Waals surface area (Å²) in [5, 5.41) is 7.37. The average molecular weight is 451 g/mol. The molecular formula is C19H19F6N3O3. The van der Waals surface area contributed by atoms with Crippen LogP contribution in [-0.2, 0) is 17.1 Å². The SMILES string of the molecule is CC(C)(C)OC(=O)N1CCC[C@@H]1c1nnc(-c2cc(C(F)(F)F)cc(C(F)(F)F)c2)o1. The molecule has 1 amide bonds. The number of hydrogen-bond donors (Lipinski definition) is 0. The van der Waals surface area contributed by atoms with Crippen molar-refractivity contribution in [1.29, 1.82) is 0 Å². The van der Waals surface area contributed by atoms with Crippen LogP contribution in [0.4, 0.5) is 31.1 Å². The third-order valence-corrected chi connectivity index (χ3v) is 4.44. The van der Waals surface area contributed by atoms with Gasteiger partial charge in [0.05, 0.1) is 11.1 Å². The number of alkyl halides is 6. The highest BCUT2D eigenvalue weighted by Gasteiger charge is 2.39. The number of aromatic nitrogens is 2. The number of carbonyl (C=O) groups is 1. The molecule has 0 saturated carbocycles. The number of carbonyl (C=O) groups excluding carboxylic acids is 1. The molecule has 0 unspecified atom stereocenters. The van der Waals surface area contributed by atoms with E-state index in [0.717, 1.165) is 0 Å². The van der Waals surface area contributed by atoms with Gasteiger partial charge in [0.25, 0.3) is 0 Å². The van der Waals surface area contributed by atoms with Crippen molar-refractivity contribution in [3.8, 4) is 11.5 Å². The molecule has 0 aliphatic carbocycles. The van der Waals surface area contributed by atoms with E-state index >= 15 is 0 Å². The van der Waals surface area contributed by atoms with Gasteiger partial charge in [-0.3, -0.25) is 4.90 Å². The number of amides is 1. The van der Waals surface area contributed by atoms with E-state index in [1.807, 2.05) is 0 Å². The van der Waals surface area contributed by atoms with E-state index in [2.05, 4.69) is 10.2 Å². The standard InChI is InChI=1S/C19H19F6N3O3/c1-17(2,3)31-16(29)28-6-4-5-13(28)15-27-26-14(30-15)10-7-11(18(20,21)22)9-12(8-10)19(23,24)25/h7-9,13H,4-6H2,1-3H3/t13-/m1/s1. The van der Waals surface area contributed by atoms with Gasteiger partial charge in [0.1, 0.15) is 11.6 Å². The van der Waals surface area contributed by atoms with Gasteiger partial charge in [-0.25, -0.2) is 4.79 Å². The van der Waals surface area contributed by atoms with Crippen LogP contribution in [0.2, 0.25) is 0 Å². The molecule has 0 bridgehead atoms. The highest BCUT2D eigenvalue weighted by molar-refractivity contribution is 5.69. The van der Waals surface area contributed by atoms with Gasteiger partial charge in [0, 0.05) is 12.1 Å². The van der Waals surface area contributed by atoms with Crippen molar-refractivity contribution in [1.82, 2.24) is 15.1 Å². The summed E-state index contributed by atoms with van der Waals surface area (Å²) in [6.45, 7) is 5.39. The van der Waals surface area contributed by atoms with Gasteiger partial charge in [0.15, 0.2) is 0 Å². The van der Waals surface area contributed by atoms with Crippen molar-refractivity contribution in [2.75, 3.05) is 6.54 Å². The molecule has 2 heterocycles. The second-order valence-corrected chi connectivity index (χ2v) is 8.07. The normalized spacial score (nSPS) is 17.8. The molecule has 2 aromatic rings. The van der Waals surface area contributed by atoms with E-state index in [0.29, 0.717) is 31.5 Å². The predicted octanol–water partition coefficient (Wildman–Crippen LogP) is 5.85. The monoisotopic (exact) mass is 451 g/mol. The van der Waals surface area contributed by atoms with Crippen LogP contribution >= 0.6 is 0 Å². The van der Waals surface area contributed by atoms with E-state index in [-0.39, 0.29) is 12.0 Å². The van der Waals surface area contributed by atoms with Crippen LogP contribution in [0.1, 0.15) is 56.7 Å². The number of benzene rings is 1. The Hall–Kier alpha value is -2.79. The summed E-state index contributed by atoms with van der Waals surface area (Å²) < 4.78 is 89.2. The Bertz CT molecular complexity index is 930. The lowest BCUT2D eigenvalue weighted by atomic mass is 10.0. The molecule has 0 N–H and O–H groups in total. The zero-order valence-corrected chi connectivity index (χ0v) is 16.8. The fraction of sp³-hybridized carbons (Fsp3) is 0.526. The van der Waals surface area contributed by atoms with E-state index in [9.17, 15) is 31.1 Å². The molecule has 1 atom stereocenters. The Morgan fingerprint density at radius 1 is 1.03 bits per heavy atom. The van der Waals surface area contributed by atoms with Crippen molar-refractivity contribution in [2.45, 2.75) is 57.6 Å². The maximum absolute atomic E-state index is 13.1. The van der Waals surface area contributed by atoms with Crippen LogP contribution < -0.4 is 0 Å². The molecule has 12 heteroatoms. The zero-order chi connectivity index (χ0) is 23.2. The molecule has 1 aromatic carbocycles. The molecule has 1 saturated heterocycles. The highest BCUT2D eigenvalue weighted by Crippen LogP contribution is 2.39. The molecule has 31 heavy (non-hydrogen) atoms. The van der Waals surface area contributed by atoms with Gasteiger partial charge in [-0.15, -0.1) is 10.2 Å².